The Hall–Kier alpha value is -3.27. The van der Waals surface area contributed by atoms with E-state index in [1.54, 1.807) is 4.90 Å². The van der Waals surface area contributed by atoms with E-state index in [2.05, 4.69) is 96.8 Å². The molecule has 33 heavy (non-hydrogen) atoms. The minimum atomic E-state index is -0.467. The van der Waals surface area contributed by atoms with Crippen LogP contribution in [0.15, 0.2) is 84.9 Å². The average Bonchev–Trinajstić information content (AvgIpc) is 2.77. The summed E-state index contributed by atoms with van der Waals surface area (Å²) in [6.45, 7) is 11.0. The first kappa shape index (κ1) is 22.9. The van der Waals surface area contributed by atoms with E-state index in [4.69, 9.17) is 4.74 Å². The van der Waals surface area contributed by atoms with Crippen LogP contribution in [0.2, 0.25) is 0 Å². The molecule has 0 atom stereocenters. The van der Waals surface area contributed by atoms with Crippen LogP contribution in [0, 0.1) is 0 Å². The molecule has 1 saturated heterocycles. The van der Waals surface area contributed by atoms with E-state index in [0.717, 1.165) is 13.1 Å². The zero-order chi connectivity index (χ0) is 23.5. The molecule has 0 aromatic heterocycles. The maximum absolute atomic E-state index is 12.3. The summed E-state index contributed by atoms with van der Waals surface area (Å²) in [5.74, 6) is 0. The molecule has 3 aromatic carbocycles. The van der Waals surface area contributed by atoms with E-state index in [1.165, 1.54) is 22.4 Å². The summed E-state index contributed by atoms with van der Waals surface area (Å²) in [6, 6.07) is 30.0. The first-order valence-electron chi connectivity index (χ1n) is 11.6. The molecule has 172 valence electrons. The van der Waals surface area contributed by atoms with E-state index >= 15 is 0 Å². The molecule has 1 amide bonds. The van der Waals surface area contributed by atoms with Gasteiger partial charge in [0, 0.05) is 37.3 Å². The van der Waals surface area contributed by atoms with E-state index in [9.17, 15) is 4.79 Å². The maximum atomic E-state index is 12.3. The van der Waals surface area contributed by atoms with Crippen LogP contribution in [0.25, 0.3) is 0 Å². The monoisotopic (exact) mass is 442 g/mol. The molecule has 0 bridgehead atoms. The number of carbonyl (C=O) groups excluding carboxylic acids is 1. The molecule has 0 N–H and O–H groups in total. The predicted molar refractivity (Wildman–Crippen MR) is 134 cm³/mol. The van der Waals surface area contributed by atoms with Crippen molar-refractivity contribution in [3.8, 4) is 0 Å². The lowest BCUT2D eigenvalue weighted by Gasteiger charge is -2.48. The topological polar surface area (TPSA) is 32.8 Å². The third-order valence-electron chi connectivity index (χ3n) is 6.09. The molecule has 0 unspecified atom stereocenters. The number of amides is 1. The second-order valence-electron chi connectivity index (χ2n) is 10.3. The minimum absolute atomic E-state index is 0.0425. The number of ether oxygens (including phenoxy) is 1. The van der Waals surface area contributed by atoms with Gasteiger partial charge < -0.3 is 14.5 Å². The van der Waals surface area contributed by atoms with Crippen molar-refractivity contribution in [2.45, 2.75) is 51.8 Å². The third-order valence-corrected chi connectivity index (χ3v) is 6.09. The highest BCUT2D eigenvalue weighted by molar-refractivity contribution is 5.70. The first-order valence-corrected chi connectivity index (χ1v) is 11.6. The summed E-state index contributed by atoms with van der Waals surface area (Å²) in [5, 5.41) is 0. The van der Waals surface area contributed by atoms with Crippen LogP contribution in [-0.4, -0.2) is 29.7 Å². The Balaban J connectivity index is 1.48. The van der Waals surface area contributed by atoms with Crippen LogP contribution in [0.1, 0.15) is 44.4 Å². The van der Waals surface area contributed by atoms with E-state index in [1.807, 2.05) is 20.8 Å². The molecule has 0 saturated carbocycles. The van der Waals surface area contributed by atoms with Gasteiger partial charge in [0.15, 0.2) is 0 Å². The van der Waals surface area contributed by atoms with Crippen molar-refractivity contribution in [3.05, 3.63) is 102 Å². The van der Waals surface area contributed by atoms with Crippen molar-refractivity contribution in [1.29, 1.82) is 0 Å². The molecule has 3 aromatic rings. The largest absolute Gasteiger partial charge is 0.444 e. The second kappa shape index (κ2) is 9.30. The van der Waals surface area contributed by atoms with Gasteiger partial charge in [-0.2, -0.15) is 0 Å². The Kier molecular flexibility index (Phi) is 6.46. The number of hydrogen-bond acceptors (Lipinski definition) is 3. The Bertz CT molecular complexity index is 1010. The summed E-state index contributed by atoms with van der Waals surface area (Å²) in [6.07, 6.45) is -0.228. The molecule has 1 fully saturated rings. The highest BCUT2D eigenvalue weighted by Crippen LogP contribution is 2.36. The Morgan fingerprint density at radius 1 is 0.848 bits per heavy atom. The van der Waals surface area contributed by atoms with Gasteiger partial charge in [-0.1, -0.05) is 79.7 Å². The number of benzene rings is 3. The Morgan fingerprint density at radius 3 is 1.79 bits per heavy atom. The number of nitrogens with zero attached hydrogens (tertiary/aromatic N) is 2. The van der Waals surface area contributed by atoms with E-state index in [-0.39, 0.29) is 11.5 Å². The number of rotatable bonds is 6. The summed E-state index contributed by atoms with van der Waals surface area (Å²) < 4.78 is 5.51. The van der Waals surface area contributed by atoms with Gasteiger partial charge in [0.25, 0.3) is 0 Å². The number of hydrogen-bond donors (Lipinski definition) is 0. The molecular formula is C29H34N2O2. The molecule has 0 spiro atoms. The molecular weight excluding hydrogens is 408 g/mol. The van der Waals surface area contributed by atoms with Crippen molar-refractivity contribution in [3.63, 3.8) is 0 Å². The summed E-state index contributed by atoms with van der Waals surface area (Å²) in [5.41, 5.74) is 4.52. The van der Waals surface area contributed by atoms with Gasteiger partial charge in [0.2, 0.25) is 0 Å². The fourth-order valence-electron chi connectivity index (χ4n) is 4.36. The molecule has 0 aliphatic carbocycles. The lowest BCUT2D eigenvalue weighted by Crippen LogP contribution is -2.60. The smallest absolute Gasteiger partial charge is 0.410 e. The van der Waals surface area contributed by atoms with Crippen LogP contribution in [0.3, 0.4) is 0 Å². The van der Waals surface area contributed by atoms with E-state index < -0.39 is 5.60 Å². The lowest BCUT2D eigenvalue weighted by molar-refractivity contribution is -0.00650. The van der Waals surface area contributed by atoms with Gasteiger partial charge in [-0.3, -0.25) is 0 Å². The quantitative estimate of drug-likeness (QED) is 0.443. The van der Waals surface area contributed by atoms with Crippen LogP contribution in [0.4, 0.5) is 10.5 Å². The SMILES string of the molecule is CC(C)(C)OC(=O)N1CC(C)(c2ccc(N(Cc3ccccc3)Cc3ccccc3)cc2)C1. The van der Waals surface area contributed by atoms with Crippen LogP contribution < -0.4 is 4.90 Å². The maximum Gasteiger partial charge on any atom is 0.410 e. The number of likely N-dealkylation sites (tertiary alicyclic amines) is 1. The fraction of sp³-hybridized carbons (Fsp3) is 0.345. The van der Waals surface area contributed by atoms with Gasteiger partial charge in [-0.15, -0.1) is 0 Å². The molecule has 1 aliphatic heterocycles. The predicted octanol–water partition coefficient (Wildman–Crippen LogP) is 6.40. The lowest BCUT2D eigenvalue weighted by atomic mass is 9.76. The number of carbonyl (C=O) groups is 1. The van der Waals surface area contributed by atoms with Gasteiger partial charge in [0.05, 0.1) is 0 Å². The average molecular weight is 443 g/mol. The van der Waals surface area contributed by atoms with Crippen LogP contribution >= 0.6 is 0 Å². The normalized spacial score (nSPS) is 15.0. The van der Waals surface area contributed by atoms with E-state index in [0.29, 0.717) is 13.1 Å². The van der Waals surface area contributed by atoms with Gasteiger partial charge in [-0.25, -0.2) is 4.79 Å². The van der Waals surface area contributed by atoms with Crippen molar-refractivity contribution in [1.82, 2.24) is 4.90 Å². The van der Waals surface area contributed by atoms with Crippen molar-refractivity contribution < 1.29 is 9.53 Å². The first-order chi connectivity index (χ1) is 15.7. The molecule has 4 nitrogen and oxygen atoms in total. The highest BCUT2D eigenvalue weighted by Gasteiger charge is 2.44. The van der Waals surface area contributed by atoms with Crippen molar-refractivity contribution in [2.24, 2.45) is 0 Å². The zero-order valence-corrected chi connectivity index (χ0v) is 20.1. The summed E-state index contributed by atoms with van der Waals surface area (Å²) >= 11 is 0. The highest BCUT2D eigenvalue weighted by atomic mass is 16.6. The van der Waals surface area contributed by atoms with Gasteiger partial charge in [-0.05, 0) is 49.6 Å². The van der Waals surface area contributed by atoms with Crippen LogP contribution in [0.5, 0.6) is 0 Å². The Morgan fingerprint density at radius 2 is 1.33 bits per heavy atom. The second-order valence-corrected chi connectivity index (χ2v) is 10.3. The Labute approximate surface area is 197 Å². The fourth-order valence-corrected chi connectivity index (χ4v) is 4.36. The van der Waals surface area contributed by atoms with Gasteiger partial charge >= 0.3 is 6.09 Å². The number of anilines is 1. The third kappa shape index (κ3) is 5.75. The van der Waals surface area contributed by atoms with Crippen molar-refractivity contribution >= 4 is 11.8 Å². The summed E-state index contributed by atoms with van der Waals surface area (Å²) in [4.78, 5) is 16.5. The van der Waals surface area contributed by atoms with Crippen LogP contribution in [-0.2, 0) is 23.2 Å². The summed E-state index contributed by atoms with van der Waals surface area (Å²) in [7, 11) is 0. The minimum Gasteiger partial charge on any atom is -0.444 e. The molecule has 4 heteroatoms. The molecule has 1 heterocycles. The molecule has 0 radical (unpaired) electrons. The molecule has 4 rings (SSSR count). The van der Waals surface area contributed by atoms with Crippen molar-refractivity contribution in [2.75, 3.05) is 18.0 Å². The zero-order valence-electron chi connectivity index (χ0n) is 20.1. The standard InChI is InChI=1S/C29H34N2O2/c1-28(2,3)33-27(32)31-21-29(4,22-31)25-15-17-26(18-16-25)30(19-23-11-7-5-8-12-23)20-24-13-9-6-10-14-24/h5-18H,19-22H2,1-4H3. The van der Waals surface area contributed by atoms with Gasteiger partial charge in [0.1, 0.15) is 5.60 Å². The molecule has 1 aliphatic rings.